The molecule has 1 rings (SSSR count). The van der Waals surface area contributed by atoms with Gasteiger partial charge < -0.3 is 20.0 Å². The van der Waals surface area contributed by atoms with Gasteiger partial charge in [0.05, 0.1) is 6.04 Å². The maximum atomic E-state index is 11.3. The van der Waals surface area contributed by atoms with E-state index in [0.717, 1.165) is 5.56 Å². The van der Waals surface area contributed by atoms with Gasteiger partial charge in [-0.3, -0.25) is 0 Å². The van der Waals surface area contributed by atoms with Gasteiger partial charge in [0, 0.05) is 6.61 Å². The van der Waals surface area contributed by atoms with Crippen LogP contribution in [-0.2, 0) is 16.1 Å². The van der Waals surface area contributed by atoms with Crippen LogP contribution in [0.1, 0.15) is 12.0 Å². The van der Waals surface area contributed by atoms with E-state index in [0.29, 0.717) is 6.29 Å². The van der Waals surface area contributed by atoms with Gasteiger partial charge in [-0.25, -0.2) is 4.79 Å². The lowest BCUT2D eigenvalue weighted by atomic mass is 10.2. The monoisotopic (exact) mass is 237 g/mol. The third-order valence-electron chi connectivity index (χ3n) is 2.12. The molecule has 0 aliphatic heterocycles. The summed E-state index contributed by atoms with van der Waals surface area (Å²) < 4.78 is 4.92. The van der Waals surface area contributed by atoms with Gasteiger partial charge in [0.1, 0.15) is 12.9 Å². The van der Waals surface area contributed by atoms with Gasteiger partial charge in [0.25, 0.3) is 0 Å². The van der Waals surface area contributed by atoms with Crippen LogP contribution in [0.25, 0.3) is 0 Å². The lowest BCUT2D eigenvalue weighted by Gasteiger charge is -2.11. The first-order chi connectivity index (χ1) is 8.26. The standard InChI is InChI=1S/C12H15NO4/c14-7-6-11(8-15)13-12(16)17-9-10-4-2-1-3-5-10/h1-5,8,11,14H,6-7,9H2,(H,13,16)/t11-/m0/s1. The van der Waals surface area contributed by atoms with E-state index >= 15 is 0 Å². The number of hydrogen-bond acceptors (Lipinski definition) is 4. The number of alkyl carbamates (subject to hydrolysis) is 1. The minimum atomic E-state index is -0.705. The molecule has 0 heterocycles. The minimum Gasteiger partial charge on any atom is -0.445 e. The third-order valence-corrected chi connectivity index (χ3v) is 2.12. The van der Waals surface area contributed by atoms with Crippen LogP contribution in [0.3, 0.4) is 0 Å². The topological polar surface area (TPSA) is 75.6 Å². The molecule has 0 spiro atoms. The molecule has 0 unspecified atom stereocenters. The first kappa shape index (κ1) is 13.2. The Labute approximate surface area is 99.4 Å². The Morgan fingerprint density at radius 3 is 2.71 bits per heavy atom. The van der Waals surface area contributed by atoms with Crippen molar-refractivity contribution < 1.29 is 19.4 Å². The Morgan fingerprint density at radius 2 is 2.12 bits per heavy atom. The van der Waals surface area contributed by atoms with Crippen LogP contribution in [-0.4, -0.2) is 30.1 Å². The predicted molar refractivity (Wildman–Crippen MR) is 61.3 cm³/mol. The summed E-state index contributed by atoms with van der Waals surface area (Å²) in [5.74, 6) is 0. The van der Waals surface area contributed by atoms with Gasteiger partial charge in [-0.1, -0.05) is 30.3 Å². The fraction of sp³-hybridized carbons (Fsp3) is 0.333. The molecule has 1 amide bonds. The van der Waals surface area contributed by atoms with E-state index in [-0.39, 0.29) is 19.6 Å². The minimum absolute atomic E-state index is 0.150. The zero-order valence-electron chi connectivity index (χ0n) is 9.33. The van der Waals surface area contributed by atoms with E-state index in [1.165, 1.54) is 0 Å². The molecule has 1 aromatic carbocycles. The molecule has 5 nitrogen and oxygen atoms in total. The van der Waals surface area contributed by atoms with Crippen LogP contribution in [0.5, 0.6) is 0 Å². The van der Waals surface area contributed by atoms with Crippen molar-refractivity contribution in [2.24, 2.45) is 0 Å². The Balaban J connectivity index is 2.32. The predicted octanol–water partition coefficient (Wildman–Crippen LogP) is 0.863. The van der Waals surface area contributed by atoms with Crippen molar-refractivity contribution in [1.29, 1.82) is 0 Å². The normalized spacial score (nSPS) is 11.6. The molecule has 0 radical (unpaired) electrons. The van der Waals surface area contributed by atoms with Crippen molar-refractivity contribution in [2.45, 2.75) is 19.1 Å². The van der Waals surface area contributed by atoms with Crippen molar-refractivity contribution in [3.05, 3.63) is 35.9 Å². The Hall–Kier alpha value is -1.88. The first-order valence-corrected chi connectivity index (χ1v) is 5.29. The molecule has 17 heavy (non-hydrogen) atoms. The highest BCUT2D eigenvalue weighted by atomic mass is 16.5. The van der Waals surface area contributed by atoms with Gasteiger partial charge in [0.2, 0.25) is 0 Å². The van der Waals surface area contributed by atoms with E-state index in [9.17, 15) is 9.59 Å². The van der Waals surface area contributed by atoms with Crippen LogP contribution in [0.15, 0.2) is 30.3 Å². The summed E-state index contributed by atoms with van der Waals surface area (Å²) in [5.41, 5.74) is 0.868. The Kier molecular flexibility index (Phi) is 5.74. The smallest absolute Gasteiger partial charge is 0.408 e. The second-order valence-electron chi connectivity index (χ2n) is 3.46. The number of benzene rings is 1. The number of hydrogen-bond donors (Lipinski definition) is 2. The maximum absolute atomic E-state index is 11.3. The zero-order valence-corrected chi connectivity index (χ0v) is 9.33. The number of carbonyl (C=O) groups excluding carboxylic acids is 2. The van der Waals surface area contributed by atoms with Crippen molar-refractivity contribution >= 4 is 12.4 Å². The van der Waals surface area contributed by atoms with E-state index in [1.807, 2.05) is 30.3 Å². The molecule has 92 valence electrons. The quantitative estimate of drug-likeness (QED) is 0.720. The summed E-state index contributed by atoms with van der Waals surface area (Å²) in [6, 6.07) is 8.51. The van der Waals surface area contributed by atoms with Crippen molar-refractivity contribution in [1.82, 2.24) is 5.32 Å². The van der Waals surface area contributed by atoms with E-state index < -0.39 is 12.1 Å². The number of aldehydes is 1. The molecule has 5 heteroatoms. The number of aliphatic hydroxyl groups is 1. The molecule has 0 saturated heterocycles. The Morgan fingerprint density at radius 1 is 1.41 bits per heavy atom. The third kappa shape index (κ3) is 5.12. The van der Waals surface area contributed by atoms with Crippen LogP contribution in [0.4, 0.5) is 4.79 Å². The highest BCUT2D eigenvalue weighted by molar-refractivity contribution is 5.73. The summed E-state index contributed by atoms with van der Waals surface area (Å²) in [6.07, 6.45) is 0.0867. The summed E-state index contributed by atoms with van der Waals surface area (Å²) in [4.78, 5) is 21.8. The maximum Gasteiger partial charge on any atom is 0.408 e. The first-order valence-electron chi connectivity index (χ1n) is 5.29. The molecule has 0 aliphatic carbocycles. The molecule has 1 atom stereocenters. The number of aliphatic hydroxyl groups excluding tert-OH is 1. The van der Waals surface area contributed by atoms with Gasteiger partial charge in [-0.05, 0) is 12.0 Å². The second kappa shape index (κ2) is 7.40. The lowest BCUT2D eigenvalue weighted by molar-refractivity contribution is -0.109. The van der Waals surface area contributed by atoms with Crippen molar-refractivity contribution in [3.8, 4) is 0 Å². The van der Waals surface area contributed by atoms with E-state index in [1.54, 1.807) is 0 Å². The van der Waals surface area contributed by atoms with Gasteiger partial charge in [-0.2, -0.15) is 0 Å². The molecule has 0 fully saturated rings. The molecule has 0 saturated carbocycles. The van der Waals surface area contributed by atoms with Crippen LogP contribution < -0.4 is 5.32 Å². The fourth-order valence-electron chi connectivity index (χ4n) is 1.23. The van der Waals surface area contributed by atoms with E-state index in [4.69, 9.17) is 9.84 Å². The molecule has 1 aromatic rings. The summed E-state index contributed by atoms with van der Waals surface area (Å²) in [5, 5.41) is 11.0. The highest BCUT2D eigenvalue weighted by Crippen LogP contribution is 2.00. The van der Waals surface area contributed by atoms with Gasteiger partial charge >= 0.3 is 6.09 Å². The molecular formula is C12H15NO4. The van der Waals surface area contributed by atoms with Gasteiger partial charge in [0.15, 0.2) is 0 Å². The fourth-order valence-corrected chi connectivity index (χ4v) is 1.23. The lowest BCUT2D eigenvalue weighted by Crippen LogP contribution is -2.36. The summed E-state index contributed by atoms with van der Waals surface area (Å²) >= 11 is 0. The number of ether oxygens (including phenoxy) is 1. The van der Waals surface area contributed by atoms with Crippen LogP contribution in [0.2, 0.25) is 0 Å². The van der Waals surface area contributed by atoms with Crippen molar-refractivity contribution in [2.75, 3.05) is 6.61 Å². The molecule has 0 bridgehead atoms. The summed E-state index contributed by atoms with van der Waals surface area (Å²) in [7, 11) is 0. The van der Waals surface area contributed by atoms with Crippen LogP contribution >= 0.6 is 0 Å². The molecule has 2 N–H and O–H groups in total. The largest absolute Gasteiger partial charge is 0.445 e. The number of amides is 1. The zero-order chi connectivity index (χ0) is 12.5. The number of rotatable bonds is 6. The average Bonchev–Trinajstić information content (AvgIpc) is 2.37. The Bertz CT molecular complexity index is 353. The highest BCUT2D eigenvalue weighted by Gasteiger charge is 2.11. The summed E-state index contributed by atoms with van der Waals surface area (Å²) in [6.45, 7) is -0.0141. The second-order valence-corrected chi connectivity index (χ2v) is 3.46. The SMILES string of the molecule is O=C[C@H](CCO)NC(=O)OCc1ccccc1. The van der Waals surface area contributed by atoms with Crippen molar-refractivity contribution in [3.63, 3.8) is 0 Å². The molecule has 0 aliphatic rings. The number of carbonyl (C=O) groups is 2. The number of nitrogens with one attached hydrogen (secondary N) is 1. The molecule has 0 aromatic heterocycles. The van der Waals surface area contributed by atoms with Crippen LogP contribution in [0, 0.1) is 0 Å². The van der Waals surface area contributed by atoms with Gasteiger partial charge in [-0.15, -0.1) is 0 Å². The molecular weight excluding hydrogens is 222 g/mol. The van der Waals surface area contributed by atoms with E-state index in [2.05, 4.69) is 5.32 Å². The average molecular weight is 237 g/mol.